The van der Waals surface area contributed by atoms with Crippen LogP contribution in [0.15, 0.2) is 88.4 Å². The summed E-state index contributed by atoms with van der Waals surface area (Å²) in [4.78, 5) is 14.9. The quantitative estimate of drug-likeness (QED) is 0.370. The van der Waals surface area contributed by atoms with Crippen LogP contribution in [0.2, 0.25) is 5.02 Å². The summed E-state index contributed by atoms with van der Waals surface area (Å²) >= 11 is 9.56. The van der Waals surface area contributed by atoms with E-state index in [4.69, 9.17) is 21.4 Å². The summed E-state index contributed by atoms with van der Waals surface area (Å²) in [5.74, 6) is -0.0873. The van der Waals surface area contributed by atoms with Crippen molar-refractivity contribution in [3.8, 4) is 0 Å². The summed E-state index contributed by atoms with van der Waals surface area (Å²) in [7, 11) is 1.58. The lowest BCUT2D eigenvalue weighted by Gasteiger charge is -2.28. The fourth-order valence-electron chi connectivity index (χ4n) is 4.12. The third kappa shape index (κ3) is 5.13. The van der Waals surface area contributed by atoms with Crippen molar-refractivity contribution in [2.24, 2.45) is 5.10 Å². The SMILES string of the molecule is COCN(C(=O)CN1CC(C)(c2ccccc2)C(c2ccc(Cl)cc2)=N1)c1ccc(Br)cc1. The monoisotopic (exact) mass is 525 g/mol. The van der Waals surface area contributed by atoms with Crippen LogP contribution in [-0.2, 0) is 14.9 Å². The molecule has 4 rings (SSSR count). The summed E-state index contributed by atoms with van der Waals surface area (Å²) in [5, 5.41) is 7.44. The molecule has 3 aromatic carbocycles. The molecule has 1 amide bonds. The topological polar surface area (TPSA) is 45.1 Å². The first-order valence-electron chi connectivity index (χ1n) is 10.6. The van der Waals surface area contributed by atoms with Crippen molar-refractivity contribution < 1.29 is 9.53 Å². The Morgan fingerprint density at radius 1 is 1.09 bits per heavy atom. The van der Waals surface area contributed by atoms with Gasteiger partial charge >= 0.3 is 0 Å². The minimum atomic E-state index is -0.376. The number of hydrogen-bond donors (Lipinski definition) is 0. The molecule has 5 nitrogen and oxygen atoms in total. The van der Waals surface area contributed by atoms with E-state index < -0.39 is 0 Å². The highest BCUT2D eigenvalue weighted by Gasteiger charge is 2.41. The van der Waals surface area contributed by atoms with Crippen LogP contribution >= 0.6 is 27.5 Å². The summed E-state index contributed by atoms with van der Waals surface area (Å²) in [6, 6.07) is 25.6. The van der Waals surface area contributed by atoms with Crippen LogP contribution < -0.4 is 4.90 Å². The van der Waals surface area contributed by atoms with E-state index in [2.05, 4.69) is 35.0 Å². The molecule has 0 bridgehead atoms. The van der Waals surface area contributed by atoms with Crippen LogP contribution in [0.5, 0.6) is 0 Å². The number of benzene rings is 3. The number of anilines is 1. The van der Waals surface area contributed by atoms with Gasteiger partial charge in [-0.15, -0.1) is 0 Å². The summed E-state index contributed by atoms with van der Waals surface area (Å²) in [5.41, 5.74) is 3.45. The van der Waals surface area contributed by atoms with E-state index in [1.165, 1.54) is 0 Å². The first-order valence-corrected chi connectivity index (χ1v) is 11.8. The lowest BCUT2D eigenvalue weighted by molar-refractivity contribution is -0.120. The maximum atomic E-state index is 13.3. The van der Waals surface area contributed by atoms with Crippen molar-refractivity contribution >= 4 is 44.8 Å². The lowest BCUT2D eigenvalue weighted by Crippen LogP contribution is -2.42. The first-order chi connectivity index (χ1) is 15.9. The highest BCUT2D eigenvalue weighted by Crippen LogP contribution is 2.35. The van der Waals surface area contributed by atoms with Crippen LogP contribution in [0.4, 0.5) is 5.69 Å². The molecule has 1 aliphatic rings. The molecular formula is C26H25BrClN3O2. The number of carbonyl (C=O) groups excluding carboxylic acids is 1. The van der Waals surface area contributed by atoms with E-state index >= 15 is 0 Å². The number of amides is 1. The summed E-state index contributed by atoms with van der Waals surface area (Å²) in [6.45, 7) is 3.06. The standard InChI is InChI=1S/C26H25BrClN3O2/c1-26(20-6-4-3-5-7-20)17-30(29-25(26)19-8-12-22(28)13-9-19)16-24(32)31(18-33-2)23-14-10-21(27)11-15-23/h3-15H,16-18H2,1-2H3. The van der Waals surface area contributed by atoms with Gasteiger partial charge in [-0.3, -0.25) is 14.7 Å². The Bertz CT molecular complexity index is 1140. The van der Waals surface area contributed by atoms with E-state index in [1.54, 1.807) is 12.0 Å². The maximum absolute atomic E-state index is 13.3. The number of hydrogen-bond acceptors (Lipinski definition) is 4. The third-order valence-electron chi connectivity index (χ3n) is 5.81. The fraction of sp³-hybridized carbons (Fsp3) is 0.231. The highest BCUT2D eigenvalue weighted by molar-refractivity contribution is 9.10. The van der Waals surface area contributed by atoms with Gasteiger partial charge in [0.05, 0.1) is 17.7 Å². The van der Waals surface area contributed by atoms with Gasteiger partial charge in [-0.2, -0.15) is 5.10 Å². The van der Waals surface area contributed by atoms with Crippen LogP contribution in [0, 0.1) is 0 Å². The molecule has 170 valence electrons. The molecule has 0 N–H and O–H groups in total. The van der Waals surface area contributed by atoms with Gasteiger partial charge in [-0.1, -0.05) is 70.0 Å². The van der Waals surface area contributed by atoms with E-state index in [9.17, 15) is 4.79 Å². The number of carbonyl (C=O) groups is 1. The van der Waals surface area contributed by atoms with Crippen LogP contribution in [-0.4, -0.2) is 43.6 Å². The van der Waals surface area contributed by atoms with Gasteiger partial charge in [0.25, 0.3) is 0 Å². The smallest absolute Gasteiger partial charge is 0.250 e. The van der Waals surface area contributed by atoms with E-state index in [0.29, 0.717) is 11.6 Å². The van der Waals surface area contributed by atoms with Gasteiger partial charge in [0.15, 0.2) is 0 Å². The predicted octanol–water partition coefficient (Wildman–Crippen LogP) is 5.72. The number of ether oxygens (including phenoxy) is 1. The average molecular weight is 527 g/mol. The van der Waals surface area contributed by atoms with Crippen molar-refractivity contribution in [3.63, 3.8) is 0 Å². The molecule has 1 heterocycles. The number of nitrogens with zero attached hydrogens (tertiary/aromatic N) is 3. The Hall–Kier alpha value is -2.67. The maximum Gasteiger partial charge on any atom is 0.250 e. The molecule has 3 aromatic rings. The molecular weight excluding hydrogens is 502 g/mol. The Balaban J connectivity index is 1.64. The van der Waals surface area contributed by atoms with Gasteiger partial charge in [0.2, 0.25) is 5.91 Å². The van der Waals surface area contributed by atoms with E-state index in [1.807, 2.05) is 71.7 Å². The van der Waals surface area contributed by atoms with E-state index in [-0.39, 0.29) is 24.6 Å². The minimum absolute atomic E-state index is 0.0873. The highest BCUT2D eigenvalue weighted by atomic mass is 79.9. The molecule has 0 saturated carbocycles. The lowest BCUT2D eigenvalue weighted by atomic mass is 9.76. The third-order valence-corrected chi connectivity index (χ3v) is 6.59. The Kier molecular flexibility index (Phi) is 7.17. The van der Waals surface area contributed by atoms with Gasteiger partial charge in [-0.25, -0.2) is 0 Å². The summed E-state index contributed by atoms with van der Waals surface area (Å²) < 4.78 is 6.26. The van der Waals surface area contributed by atoms with Gasteiger partial charge < -0.3 is 4.74 Å². The van der Waals surface area contributed by atoms with Crippen molar-refractivity contribution in [2.75, 3.05) is 31.8 Å². The summed E-state index contributed by atoms with van der Waals surface area (Å²) in [6.07, 6.45) is 0. The molecule has 33 heavy (non-hydrogen) atoms. The zero-order chi connectivity index (χ0) is 23.4. The zero-order valence-electron chi connectivity index (χ0n) is 18.5. The number of methoxy groups -OCH3 is 1. The van der Waals surface area contributed by atoms with E-state index in [0.717, 1.165) is 27.0 Å². The normalized spacial score (nSPS) is 17.7. The van der Waals surface area contributed by atoms with Crippen molar-refractivity contribution in [1.82, 2.24) is 5.01 Å². The van der Waals surface area contributed by atoms with Gasteiger partial charge in [-0.05, 0) is 54.4 Å². The largest absolute Gasteiger partial charge is 0.364 e. The second-order valence-electron chi connectivity index (χ2n) is 8.19. The second kappa shape index (κ2) is 10.1. The van der Waals surface area contributed by atoms with Crippen LogP contribution in [0.1, 0.15) is 18.1 Å². The molecule has 1 aliphatic heterocycles. The van der Waals surface area contributed by atoms with Crippen molar-refractivity contribution in [1.29, 1.82) is 0 Å². The molecule has 0 aliphatic carbocycles. The Morgan fingerprint density at radius 3 is 2.39 bits per heavy atom. The van der Waals surface area contributed by atoms with Crippen molar-refractivity contribution in [2.45, 2.75) is 12.3 Å². The van der Waals surface area contributed by atoms with Crippen LogP contribution in [0.3, 0.4) is 0 Å². The molecule has 0 saturated heterocycles. The Morgan fingerprint density at radius 2 is 1.76 bits per heavy atom. The molecule has 1 unspecified atom stereocenters. The number of halogens is 2. The van der Waals surface area contributed by atoms with Gasteiger partial charge in [0, 0.05) is 22.3 Å². The zero-order valence-corrected chi connectivity index (χ0v) is 20.9. The predicted molar refractivity (Wildman–Crippen MR) is 137 cm³/mol. The van der Waals surface area contributed by atoms with Crippen molar-refractivity contribution in [3.05, 3.63) is 99.5 Å². The molecule has 0 spiro atoms. The molecule has 7 heteroatoms. The van der Waals surface area contributed by atoms with Crippen LogP contribution in [0.25, 0.3) is 0 Å². The molecule has 0 aromatic heterocycles. The number of rotatable bonds is 7. The molecule has 1 atom stereocenters. The molecule has 0 fully saturated rings. The minimum Gasteiger partial charge on any atom is -0.364 e. The second-order valence-corrected chi connectivity index (χ2v) is 9.54. The Labute approximate surface area is 207 Å². The van der Waals surface area contributed by atoms with Gasteiger partial charge in [0.1, 0.15) is 13.3 Å². The first kappa shape index (κ1) is 23.5. The molecule has 0 radical (unpaired) electrons. The average Bonchev–Trinajstić information content (AvgIpc) is 3.16. The number of hydrazone groups is 1. The fourth-order valence-corrected chi connectivity index (χ4v) is 4.51.